The number of carbonyl (C=O) groups is 2. The van der Waals surface area contributed by atoms with Crippen molar-refractivity contribution >= 4 is 23.4 Å². The first-order chi connectivity index (χ1) is 17.0. The highest BCUT2D eigenvalue weighted by Gasteiger charge is 2.29. The Morgan fingerprint density at radius 1 is 0.943 bits per heavy atom. The Kier molecular flexibility index (Phi) is 8.56. The lowest BCUT2D eigenvalue weighted by Gasteiger charge is -2.31. The van der Waals surface area contributed by atoms with Crippen LogP contribution in [0.4, 0.5) is 0 Å². The second kappa shape index (κ2) is 12.0. The minimum atomic E-state index is -0.115. The van der Waals surface area contributed by atoms with Gasteiger partial charge in [-0.05, 0) is 42.7 Å². The summed E-state index contributed by atoms with van der Waals surface area (Å²) in [7, 11) is 0. The average Bonchev–Trinajstić information content (AvgIpc) is 3.05. The molecule has 1 heterocycles. The van der Waals surface area contributed by atoms with Crippen molar-refractivity contribution in [3.05, 3.63) is 106 Å². The second-order valence-electron chi connectivity index (χ2n) is 8.99. The van der Waals surface area contributed by atoms with Crippen molar-refractivity contribution in [2.24, 2.45) is 0 Å². The molecule has 182 valence electrons. The molecule has 1 atom stereocenters. The van der Waals surface area contributed by atoms with Crippen molar-refractivity contribution < 1.29 is 14.3 Å². The van der Waals surface area contributed by atoms with E-state index in [9.17, 15) is 9.59 Å². The number of hydrogen-bond acceptors (Lipinski definition) is 3. The zero-order valence-corrected chi connectivity index (χ0v) is 20.8. The van der Waals surface area contributed by atoms with Gasteiger partial charge in [-0.1, -0.05) is 77.8 Å². The molecular weight excluding hydrogens is 460 g/mol. The third-order valence-electron chi connectivity index (χ3n) is 6.30. The topological polar surface area (TPSA) is 49.9 Å². The van der Waals surface area contributed by atoms with E-state index in [1.807, 2.05) is 29.2 Å². The summed E-state index contributed by atoms with van der Waals surface area (Å²) in [6.45, 7) is 4.32. The number of benzene rings is 3. The van der Waals surface area contributed by atoms with Gasteiger partial charge < -0.3 is 14.5 Å². The van der Waals surface area contributed by atoms with Gasteiger partial charge in [-0.15, -0.1) is 0 Å². The molecular formula is C29H31ClN2O3. The van der Waals surface area contributed by atoms with Gasteiger partial charge in [0.2, 0.25) is 5.91 Å². The third kappa shape index (κ3) is 6.93. The first-order valence-corrected chi connectivity index (χ1v) is 12.4. The van der Waals surface area contributed by atoms with Crippen molar-refractivity contribution in [1.29, 1.82) is 0 Å². The van der Waals surface area contributed by atoms with Crippen LogP contribution in [0.2, 0.25) is 5.02 Å². The molecule has 0 bridgehead atoms. The molecule has 3 aromatic rings. The summed E-state index contributed by atoms with van der Waals surface area (Å²) in [6.07, 6.45) is 0.984. The molecule has 0 aliphatic carbocycles. The SMILES string of the molecule is Cc1cccc(COC[C@H](Cc2ccccc2)N2CCN(C(=O)c3cccc(Cl)c3)CCC2=O)c1. The van der Waals surface area contributed by atoms with Crippen LogP contribution >= 0.6 is 11.6 Å². The zero-order chi connectivity index (χ0) is 24.6. The molecule has 1 saturated heterocycles. The zero-order valence-electron chi connectivity index (χ0n) is 20.0. The number of amides is 2. The maximum Gasteiger partial charge on any atom is 0.253 e. The van der Waals surface area contributed by atoms with Crippen LogP contribution in [0.5, 0.6) is 0 Å². The van der Waals surface area contributed by atoms with E-state index in [4.69, 9.17) is 16.3 Å². The molecule has 0 N–H and O–H groups in total. The first-order valence-electron chi connectivity index (χ1n) is 12.0. The van der Waals surface area contributed by atoms with Gasteiger partial charge in [-0.2, -0.15) is 0 Å². The van der Waals surface area contributed by atoms with Crippen molar-refractivity contribution in [3.8, 4) is 0 Å². The summed E-state index contributed by atoms with van der Waals surface area (Å²) in [5.74, 6) is -0.0519. The highest BCUT2D eigenvalue weighted by Crippen LogP contribution is 2.18. The Labute approximate surface area is 212 Å². The van der Waals surface area contributed by atoms with E-state index in [1.54, 1.807) is 29.2 Å². The molecule has 0 radical (unpaired) electrons. The van der Waals surface area contributed by atoms with Gasteiger partial charge in [0.15, 0.2) is 0 Å². The lowest BCUT2D eigenvalue weighted by atomic mass is 10.0. The maximum atomic E-state index is 13.2. The normalized spacial score (nSPS) is 15.1. The fraction of sp³-hybridized carbons (Fsp3) is 0.310. The molecule has 1 aliphatic heterocycles. The summed E-state index contributed by atoms with van der Waals surface area (Å²) in [5.41, 5.74) is 4.00. The third-order valence-corrected chi connectivity index (χ3v) is 6.54. The molecule has 4 rings (SSSR count). The van der Waals surface area contributed by atoms with Crippen LogP contribution in [0.25, 0.3) is 0 Å². The van der Waals surface area contributed by atoms with Crippen LogP contribution in [0, 0.1) is 6.92 Å². The second-order valence-corrected chi connectivity index (χ2v) is 9.42. The van der Waals surface area contributed by atoms with Gasteiger partial charge in [-0.25, -0.2) is 0 Å². The summed E-state index contributed by atoms with van der Waals surface area (Å²) < 4.78 is 6.12. The Bertz CT molecular complexity index is 1150. The number of ether oxygens (including phenoxy) is 1. The Morgan fingerprint density at radius 3 is 2.49 bits per heavy atom. The van der Waals surface area contributed by atoms with E-state index in [0.29, 0.717) is 49.9 Å². The van der Waals surface area contributed by atoms with Gasteiger partial charge in [-0.3, -0.25) is 9.59 Å². The number of nitrogens with zero attached hydrogens (tertiary/aromatic N) is 2. The monoisotopic (exact) mass is 490 g/mol. The van der Waals surface area contributed by atoms with E-state index >= 15 is 0 Å². The van der Waals surface area contributed by atoms with Gasteiger partial charge in [0, 0.05) is 36.6 Å². The van der Waals surface area contributed by atoms with Crippen molar-refractivity contribution in [2.45, 2.75) is 32.4 Å². The fourth-order valence-corrected chi connectivity index (χ4v) is 4.68. The van der Waals surface area contributed by atoms with Crippen LogP contribution in [-0.4, -0.2) is 53.9 Å². The van der Waals surface area contributed by atoms with Crippen molar-refractivity contribution in [1.82, 2.24) is 9.80 Å². The van der Waals surface area contributed by atoms with E-state index < -0.39 is 0 Å². The fourth-order valence-electron chi connectivity index (χ4n) is 4.49. The number of halogens is 1. The lowest BCUT2D eigenvalue weighted by Crippen LogP contribution is -2.45. The van der Waals surface area contributed by atoms with E-state index in [0.717, 1.165) is 11.1 Å². The van der Waals surface area contributed by atoms with Crippen LogP contribution in [-0.2, 0) is 22.6 Å². The molecule has 6 heteroatoms. The largest absolute Gasteiger partial charge is 0.375 e. The molecule has 1 aliphatic rings. The van der Waals surface area contributed by atoms with Crippen LogP contribution in [0.3, 0.4) is 0 Å². The molecule has 0 saturated carbocycles. The molecule has 1 fully saturated rings. The Morgan fingerprint density at radius 2 is 1.71 bits per heavy atom. The van der Waals surface area contributed by atoms with Crippen molar-refractivity contribution in [2.75, 3.05) is 26.2 Å². The predicted octanol–water partition coefficient (Wildman–Crippen LogP) is 5.15. The summed E-state index contributed by atoms with van der Waals surface area (Å²) in [5, 5.41) is 0.525. The van der Waals surface area contributed by atoms with Gasteiger partial charge in [0.1, 0.15) is 0 Å². The number of carbonyl (C=O) groups excluding carboxylic acids is 2. The molecule has 5 nitrogen and oxygen atoms in total. The molecule has 0 spiro atoms. The lowest BCUT2D eigenvalue weighted by molar-refractivity contribution is -0.134. The molecule has 2 amide bonds. The van der Waals surface area contributed by atoms with E-state index in [2.05, 4.69) is 37.3 Å². The van der Waals surface area contributed by atoms with E-state index in [1.165, 1.54) is 5.56 Å². The highest BCUT2D eigenvalue weighted by molar-refractivity contribution is 6.30. The first kappa shape index (κ1) is 25.0. The van der Waals surface area contributed by atoms with Crippen LogP contribution < -0.4 is 0 Å². The predicted molar refractivity (Wildman–Crippen MR) is 138 cm³/mol. The quantitative estimate of drug-likeness (QED) is 0.438. The van der Waals surface area contributed by atoms with Gasteiger partial charge >= 0.3 is 0 Å². The van der Waals surface area contributed by atoms with Gasteiger partial charge in [0.25, 0.3) is 5.91 Å². The molecule has 0 unspecified atom stereocenters. The molecule has 3 aromatic carbocycles. The van der Waals surface area contributed by atoms with Crippen molar-refractivity contribution in [3.63, 3.8) is 0 Å². The van der Waals surface area contributed by atoms with Crippen LogP contribution in [0.15, 0.2) is 78.9 Å². The average molecular weight is 491 g/mol. The summed E-state index contributed by atoms with van der Waals surface area (Å²) in [6, 6.07) is 25.2. The highest BCUT2D eigenvalue weighted by atomic mass is 35.5. The number of aryl methyl sites for hydroxylation is 1. The summed E-state index contributed by atoms with van der Waals surface area (Å²) in [4.78, 5) is 29.9. The molecule has 0 aromatic heterocycles. The minimum Gasteiger partial charge on any atom is -0.375 e. The van der Waals surface area contributed by atoms with E-state index in [-0.39, 0.29) is 24.3 Å². The summed E-state index contributed by atoms with van der Waals surface area (Å²) >= 11 is 6.08. The van der Waals surface area contributed by atoms with Crippen LogP contribution in [0.1, 0.15) is 33.5 Å². The smallest absolute Gasteiger partial charge is 0.253 e. The number of rotatable bonds is 8. The Hall–Kier alpha value is -3.15. The molecule has 35 heavy (non-hydrogen) atoms. The standard InChI is InChI=1S/C29H31ClN2O3/c1-22-7-5-10-24(17-22)20-35-21-27(18-23-8-3-2-4-9-23)32-16-15-31(14-13-28(32)33)29(34)25-11-6-12-26(30)19-25/h2-12,17,19,27H,13-16,18,20-21H2,1H3/t27-/m0/s1. The maximum absolute atomic E-state index is 13.2. The van der Waals surface area contributed by atoms with Gasteiger partial charge in [0.05, 0.1) is 19.3 Å². The Balaban J connectivity index is 1.46. The minimum absolute atomic E-state index is 0.0477. The number of hydrogen-bond donors (Lipinski definition) is 0.